The Hall–Kier alpha value is -2.09. The molecule has 0 unspecified atom stereocenters. The summed E-state index contributed by atoms with van der Waals surface area (Å²) in [4.78, 5) is -0.0672. The number of anilines is 1. The van der Waals surface area contributed by atoms with Crippen LogP contribution in [0.5, 0.6) is 0 Å². The number of benzene rings is 2. The van der Waals surface area contributed by atoms with Crippen molar-refractivity contribution in [2.75, 3.05) is 4.72 Å². The monoisotopic (exact) mass is 375 g/mol. The number of halogens is 4. The summed E-state index contributed by atoms with van der Waals surface area (Å²) in [5.74, 6) is -1.10. The largest absolute Gasteiger partial charge is 0.418 e. The van der Waals surface area contributed by atoms with E-state index in [1.54, 1.807) is 27.7 Å². The van der Waals surface area contributed by atoms with Crippen LogP contribution in [0.2, 0.25) is 0 Å². The summed E-state index contributed by atoms with van der Waals surface area (Å²) < 4.78 is 79.9. The van der Waals surface area contributed by atoms with Crippen molar-refractivity contribution in [3.05, 3.63) is 57.9 Å². The molecule has 0 fully saturated rings. The minimum atomic E-state index is -4.90. The quantitative estimate of drug-likeness (QED) is 0.778. The summed E-state index contributed by atoms with van der Waals surface area (Å²) in [6.07, 6.45) is -4.90. The molecule has 1 N–H and O–H groups in total. The molecule has 0 aliphatic rings. The first-order valence-electron chi connectivity index (χ1n) is 7.31. The molecule has 25 heavy (non-hydrogen) atoms. The van der Waals surface area contributed by atoms with Gasteiger partial charge in [-0.15, -0.1) is 0 Å². The highest BCUT2D eigenvalue weighted by Gasteiger charge is 2.35. The van der Waals surface area contributed by atoms with Gasteiger partial charge in [0, 0.05) is 0 Å². The number of hydrogen-bond donors (Lipinski definition) is 1. The summed E-state index contributed by atoms with van der Waals surface area (Å²) in [6, 6.07) is 3.61. The highest BCUT2D eigenvalue weighted by molar-refractivity contribution is 7.92. The van der Waals surface area contributed by atoms with Crippen molar-refractivity contribution in [3.8, 4) is 0 Å². The Morgan fingerprint density at radius 2 is 1.44 bits per heavy atom. The van der Waals surface area contributed by atoms with Crippen molar-refractivity contribution in [1.82, 2.24) is 0 Å². The maximum Gasteiger partial charge on any atom is 0.418 e. The molecule has 136 valence electrons. The summed E-state index contributed by atoms with van der Waals surface area (Å²) in [5.41, 5.74) is 0.220. The summed E-state index contributed by atoms with van der Waals surface area (Å²) in [6.45, 7) is 6.62. The van der Waals surface area contributed by atoms with Gasteiger partial charge < -0.3 is 0 Å². The van der Waals surface area contributed by atoms with Gasteiger partial charge in [0.15, 0.2) is 0 Å². The highest BCUT2D eigenvalue weighted by atomic mass is 32.2. The zero-order valence-corrected chi connectivity index (χ0v) is 14.9. The summed E-state index contributed by atoms with van der Waals surface area (Å²) >= 11 is 0. The maximum atomic E-state index is 13.2. The first-order chi connectivity index (χ1) is 11.3. The van der Waals surface area contributed by atoms with Gasteiger partial charge in [-0.25, -0.2) is 12.8 Å². The summed E-state index contributed by atoms with van der Waals surface area (Å²) in [7, 11) is -4.29. The van der Waals surface area contributed by atoms with Gasteiger partial charge in [-0.3, -0.25) is 4.72 Å². The molecular formula is C17H17F4NO2S. The van der Waals surface area contributed by atoms with E-state index in [1.807, 2.05) is 10.8 Å². The van der Waals surface area contributed by atoms with Crippen molar-refractivity contribution in [2.45, 2.75) is 38.8 Å². The SMILES string of the molecule is Cc1cc(C)c(C)c(S(=O)(=O)Nc2ccc(F)cc2C(F)(F)F)c1C. The number of nitrogens with one attached hydrogen (secondary N) is 1. The molecule has 0 atom stereocenters. The van der Waals surface area contributed by atoms with Crippen LogP contribution in [0, 0.1) is 33.5 Å². The zero-order valence-electron chi connectivity index (χ0n) is 14.0. The Labute approximate surface area is 143 Å². The first kappa shape index (κ1) is 19.2. The number of rotatable bonds is 3. The lowest BCUT2D eigenvalue weighted by Crippen LogP contribution is -2.20. The van der Waals surface area contributed by atoms with Crippen LogP contribution in [-0.4, -0.2) is 8.42 Å². The lowest BCUT2D eigenvalue weighted by atomic mass is 10.0. The Kier molecular flexibility index (Phi) is 4.87. The fraction of sp³-hybridized carbons (Fsp3) is 0.294. The topological polar surface area (TPSA) is 46.2 Å². The second-order valence-corrected chi connectivity index (χ2v) is 7.50. The second kappa shape index (κ2) is 6.33. The van der Waals surface area contributed by atoms with Crippen LogP contribution in [0.1, 0.15) is 27.8 Å². The van der Waals surface area contributed by atoms with Crippen LogP contribution in [0.15, 0.2) is 29.2 Å². The third-order valence-corrected chi connectivity index (χ3v) is 5.74. The standard InChI is InChI=1S/C17H17F4NO2S/c1-9-7-10(2)12(4)16(11(9)3)25(23,24)22-15-6-5-13(18)8-14(15)17(19,20)21/h5-8,22H,1-4H3. The van der Waals surface area contributed by atoms with Gasteiger partial charge in [0.1, 0.15) is 5.82 Å². The van der Waals surface area contributed by atoms with Crippen molar-refractivity contribution in [3.63, 3.8) is 0 Å². The second-order valence-electron chi connectivity index (χ2n) is 5.88. The summed E-state index contributed by atoms with van der Waals surface area (Å²) in [5, 5.41) is 0. The maximum absolute atomic E-state index is 13.2. The molecular weight excluding hydrogens is 358 g/mol. The Balaban J connectivity index is 2.63. The average Bonchev–Trinajstić information content (AvgIpc) is 2.46. The van der Waals surface area contributed by atoms with E-state index in [-0.39, 0.29) is 11.0 Å². The molecule has 0 spiro atoms. The number of alkyl halides is 3. The van der Waals surface area contributed by atoms with E-state index >= 15 is 0 Å². The van der Waals surface area contributed by atoms with E-state index < -0.39 is 33.3 Å². The smallest absolute Gasteiger partial charge is 0.279 e. The molecule has 2 aromatic carbocycles. The van der Waals surface area contributed by atoms with Crippen LogP contribution in [0.4, 0.5) is 23.2 Å². The van der Waals surface area contributed by atoms with Gasteiger partial charge in [0.25, 0.3) is 10.0 Å². The van der Waals surface area contributed by atoms with Gasteiger partial charge in [-0.2, -0.15) is 13.2 Å². The Morgan fingerprint density at radius 1 is 0.920 bits per heavy atom. The predicted molar refractivity (Wildman–Crippen MR) is 87.6 cm³/mol. The molecule has 8 heteroatoms. The molecule has 0 bridgehead atoms. The highest BCUT2D eigenvalue weighted by Crippen LogP contribution is 2.37. The van der Waals surface area contributed by atoms with Gasteiger partial charge in [-0.1, -0.05) is 6.07 Å². The van der Waals surface area contributed by atoms with Crippen LogP contribution in [-0.2, 0) is 16.2 Å². The van der Waals surface area contributed by atoms with Crippen molar-refractivity contribution < 1.29 is 26.0 Å². The van der Waals surface area contributed by atoms with E-state index in [4.69, 9.17) is 0 Å². The number of hydrogen-bond acceptors (Lipinski definition) is 2. The minimum absolute atomic E-state index is 0.0672. The molecule has 0 aliphatic heterocycles. The van der Waals surface area contributed by atoms with E-state index in [1.165, 1.54) is 0 Å². The molecule has 0 amide bonds. The third-order valence-electron chi connectivity index (χ3n) is 4.10. The van der Waals surface area contributed by atoms with Gasteiger partial charge >= 0.3 is 6.18 Å². The number of aryl methyl sites for hydroxylation is 2. The van der Waals surface area contributed by atoms with Gasteiger partial charge in [-0.05, 0) is 68.1 Å². The minimum Gasteiger partial charge on any atom is -0.279 e. The number of sulfonamides is 1. The first-order valence-corrected chi connectivity index (χ1v) is 8.80. The van der Waals surface area contributed by atoms with Crippen LogP contribution in [0.3, 0.4) is 0 Å². The molecule has 0 saturated carbocycles. The Morgan fingerprint density at radius 3 is 1.92 bits per heavy atom. The van der Waals surface area contributed by atoms with Crippen LogP contribution < -0.4 is 4.72 Å². The molecule has 0 aliphatic carbocycles. The molecule has 0 aromatic heterocycles. The van der Waals surface area contributed by atoms with E-state index in [0.29, 0.717) is 22.3 Å². The Bertz CT molecular complexity index is 908. The van der Waals surface area contributed by atoms with Gasteiger partial charge in [0.2, 0.25) is 0 Å². The molecule has 3 nitrogen and oxygen atoms in total. The lowest BCUT2D eigenvalue weighted by molar-refractivity contribution is -0.137. The molecule has 0 heterocycles. The van der Waals surface area contributed by atoms with Gasteiger partial charge in [0.05, 0.1) is 16.1 Å². The fourth-order valence-corrected chi connectivity index (χ4v) is 4.32. The lowest BCUT2D eigenvalue weighted by Gasteiger charge is -2.19. The van der Waals surface area contributed by atoms with Crippen molar-refractivity contribution >= 4 is 15.7 Å². The zero-order chi connectivity index (χ0) is 19.2. The average molecular weight is 375 g/mol. The van der Waals surface area contributed by atoms with E-state index in [0.717, 1.165) is 12.1 Å². The van der Waals surface area contributed by atoms with Crippen LogP contribution >= 0.6 is 0 Å². The predicted octanol–water partition coefficient (Wildman–Crippen LogP) is 4.88. The molecule has 0 saturated heterocycles. The van der Waals surface area contributed by atoms with E-state index in [2.05, 4.69) is 0 Å². The normalized spacial score (nSPS) is 12.3. The fourth-order valence-electron chi connectivity index (χ4n) is 2.62. The molecule has 0 radical (unpaired) electrons. The van der Waals surface area contributed by atoms with Crippen molar-refractivity contribution in [2.24, 2.45) is 0 Å². The molecule has 2 rings (SSSR count). The van der Waals surface area contributed by atoms with Crippen molar-refractivity contribution in [1.29, 1.82) is 0 Å². The third kappa shape index (κ3) is 3.78. The van der Waals surface area contributed by atoms with E-state index in [9.17, 15) is 26.0 Å². The molecule has 2 aromatic rings. The van der Waals surface area contributed by atoms with Crippen LogP contribution in [0.25, 0.3) is 0 Å².